The molecule has 2 atom stereocenters. The molecule has 112 valence electrons. The molecule has 1 aliphatic heterocycles. The number of hydrogen-bond donors (Lipinski definition) is 1. The Balaban J connectivity index is 0.00000200. The number of nitrogens with zero attached hydrogens (tertiary/aromatic N) is 1. The molecular weight excluding hydrogens is 276 g/mol. The summed E-state index contributed by atoms with van der Waals surface area (Å²) in [7, 11) is 1.40. The van der Waals surface area contributed by atoms with Crippen LogP contribution in [0.4, 0.5) is 0 Å². The summed E-state index contributed by atoms with van der Waals surface area (Å²) < 4.78 is 4.70. The quantitative estimate of drug-likeness (QED) is 0.868. The minimum Gasteiger partial charge on any atom is -0.465 e. The van der Waals surface area contributed by atoms with Crippen molar-refractivity contribution in [2.75, 3.05) is 20.2 Å². The predicted molar refractivity (Wildman–Crippen MR) is 82.4 cm³/mol. The highest BCUT2D eigenvalue weighted by atomic mass is 35.5. The first-order valence-electron chi connectivity index (χ1n) is 6.74. The third-order valence-electron chi connectivity index (χ3n) is 3.41. The van der Waals surface area contributed by atoms with Crippen molar-refractivity contribution in [3.63, 3.8) is 0 Å². The van der Waals surface area contributed by atoms with Crippen LogP contribution < -0.4 is 5.32 Å². The van der Waals surface area contributed by atoms with Crippen LogP contribution in [0.3, 0.4) is 0 Å². The lowest BCUT2D eigenvalue weighted by molar-refractivity contribution is 0.0600. The molecule has 0 aliphatic carbocycles. The number of halogens is 1. The zero-order valence-corrected chi connectivity index (χ0v) is 13.1. The maximum absolute atomic E-state index is 11.4. The predicted octanol–water partition coefficient (Wildman–Crippen LogP) is 2.08. The summed E-state index contributed by atoms with van der Waals surface area (Å²) in [6.45, 7) is 7.47. The molecule has 0 bridgehead atoms. The average Bonchev–Trinajstić information content (AvgIpc) is 2.37. The van der Waals surface area contributed by atoms with E-state index in [2.05, 4.69) is 24.1 Å². The lowest BCUT2D eigenvalue weighted by Crippen LogP contribution is -2.53. The molecule has 0 spiro atoms. The van der Waals surface area contributed by atoms with Crippen molar-refractivity contribution in [1.82, 2.24) is 10.2 Å². The zero-order valence-electron chi connectivity index (χ0n) is 12.3. The summed E-state index contributed by atoms with van der Waals surface area (Å²) in [6.07, 6.45) is 0. The van der Waals surface area contributed by atoms with Crippen molar-refractivity contribution in [1.29, 1.82) is 0 Å². The van der Waals surface area contributed by atoms with Gasteiger partial charge in [-0.2, -0.15) is 0 Å². The molecule has 1 aromatic carbocycles. The zero-order chi connectivity index (χ0) is 13.8. The van der Waals surface area contributed by atoms with Crippen LogP contribution in [0.25, 0.3) is 0 Å². The minimum absolute atomic E-state index is 0. The van der Waals surface area contributed by atoms with Crippen LogP contribution in [0.15, 0.2) is 24.3 Å². The highest BCUT2D eigenvalue weighted by Gasteiger charge is 2.20. The van der Waals surface area contributed by atoms with Crippen molar-refractivity contribution >= 4 is 18.4 Å². The number of hydrogen-bond acceptors (Lipinski definition) is 4. The molecule has 0 aromatic heterocycles. The molecule has 1 aromatic rings. The van der Waals surface area contributed by atoms with E-state index in [9.17, 15) is 4.79 Å². The van der Waals surface area contributed by atoms with Crippen LogP contribution in [0.1, 0.15) is 29.8 Å². The van der Waals surface area contributed by atoms with Gasteiger partial charge in [-0.3, -0.25) is 4.90 Å². The van der Waals surface area contributed by atoms with E-state index in [1.165, 1.54) is 12.7 Å². The van der Waals surface area contributed by atoms with Gasteiger partial charge in [0.25, 0.3) is 0 Å². The molecule has 1 N–H and O–H groups in total. The van der Waals surface area contributed by atoms with Gasteiger partial charge in [-0.25, -0.2) is 4.79 Å². The molecule has 5 heteroatoms. The summed E-state index contributed by atoms with van der Waals surface area (Å²) in [6, 6.07) is 8.72. The molecule has 0 radical (unpaired) electrons. The van der Waals surface area contributed by atoms with Gasteiger partial charge in [0.2, 0.25) is 0 Å². The number of rotatable bonds is 3. The molecule has 2 unspecified atom stereocenters. The second-order valence-corrected chi connectivity index (χ2v) is 5.35. The highest BCUT2D eigenvalue weighted by Crippen LogP contribution is 2.12. The van der Waals surface area contributed by atoms with Crippen molar-refractivity contribution in [2.45, 2.75) is 32.5 Å². The summed E-state index contributed by atoms with van der Waals surface area (Å²) in [5.74, 6) is -0.282. The first-order valence-corrected chi connectivity index (χ1v) is 6.74. The van der Waals surface area contributed by atoms with Gasteiger partial charge in [0.1, 0.15) is 0 Å². The van der Waals surface area contributed by atoms with E-state index in [0.29, 0.717) is 17.6 Å². The number of methoxy groups -OCH3 is 1. The van der Waals surface area contributed by atoms with Gasteiger partial charge in [0.15, 0.2) is 0 Å². The van der Waals surface area contributed by atoms with E-state index in [1.54, 1.807) is 0 Å². The maximum Gasteiger partial charge on any atom is 0.337 e. The van der Waals surface area contributed by atoms with Crippen LogP contribution in [-0.2, 0) is 11.3 Å². The van der Waals surface area contributed by atoms with E-state index < -0.39 is 0 Å². The second-order valence-electron chi connectivity index (χ2n) is 5.35. The summed E-state index contributed by atoms with van der Waals surface area (Å²) in [5.41, 5.74) is 1.84. The molecule has 0 amide bonds. The van der Waals surface area contributed by atoms with Crippen LogP contribution in [-0.4, -0.2) is 43.2 Å². The Morgan fingerprint density at radius 1 is 1.25 bits per heavy atom. The fraction of sp³-hybridized carbons (Fsp3) is 0.533. The van der Waals surface area contributed by atoms with Crippen LogP contribution in [0.5, 0.6) is 0 Å². The van der Waals surface area contributed by atoms with Gasteiger partial charge in [-0.1, -0.05) is 12.1 Å². The van der Waals surface area contributed by atoms with E-state index in [1.807, 2.05) is 24.3 Å². The van der Waals surface area contributed by atoms with Gasteiger partial charge < -0.3 is 10.1 Å². The summed E-state index contributed by atoms with van der Waals surface area (Å²) >= 11 is 0. The van der Waals surface area contributed by atoms with Crippen molar-refractivity contribution < 1.29 is 9.53 Å². The van der Waals surface area contributed by atoms with Crippen molar-refractivity contribution in [3.05, 3.63) is 35.4 Å². The Morgan fingerprint density at radius 2 is 1.80 bits per heavy atom. The molecule has 1 saturated heterocycles. The summed E-state index contributed by atoms with van der Waals surface area (Å²) in [5, 5.41) is 3.52. The molecular formula is C15H23ClN2O2. The minimum atomic E-state index is -0.282. The third-order valence-corrected chi connectivity index (χ3v) is 3.41. The smallest absolute Gasteiger partial charge is 0.337 e. The standard InChI is InChI=1S/C15H22N2O2.ClH/c1-11-8-17(9-12(2)16-11)10-13-4-6-14(7-5-13)15(18)19-3;/h4-7,11-12,16H,8-10H2,1-3H3;1H. The van der Waals surface area contributed by atoms with Gasteiger partial charge in [0, 0.05) is 31.7 Å². The van der Waals surface area contributed by atoms with Crippen LogP contribution in [0.2, 0.25) is 0 Å². The summed E-state index contributed by atoms with van der Waals surface area (Å²) in [4.78, 5) is 13.8. The lowest BCUT2D eigenvalue weighted by atomic mass is 10.1. The number of esters is 1. The van der Waals surface area contributed by atoms with E-state index >= 15 is 0 Å². The number of nitrogens with one attached hydrogen (secondary N) is 1. The fourth-order valence-corrected chi connectivity index (χ4v) is 2.69. The van der Waals surface area contributed by atoms with Crippen molar-refractivity contribution in [3.8, 4) is 0 Å². The molecule has 20 heavy (non-hydrogen) atoms. The molecule has 1 fully saturated rings. The monoisotopic (exact) mass is 298 g/mol. The molecule has 4 nitrogen and oxygen atoms in total. The number of benzene rings is 1. The topological polar surface area (TPSA) is 41.6 Å². The van der Waals surface area contributed by atoms with Crippen LogP contribution in [0, 0.1) is 0 Å². The Hall–Kier alpha value is -1.10. The highest BCUT2D eigenvalue weighted by molar-refractivity contribution is 5.89. The molecule has 2 rings (SSSR count). The normalized spacial score (nSPS) is 22.9. The van der Waals surface area contributed by atoms with Gasteiger partial charge >= 0.3 is 5.97 Å². The average molecular weight is 299 g/mol. The third kappa shape index (κ3) is 4.47. The van der Waals surface area contributed by atoms with Crippen molar-refractivity contribution in [2.24, 2.45) is 0 Å². The largest absolute Gasteiger partial charge is 0.465 e. The SMILES string of the molecule is COC(=O)c1ccc(CN2CC(C)NC(C)C2)cc1.Cl. The molecule has 0 saturated carbocycles. The number of carbonyl (C=O) groups is 1. The molecule has 1 heterocycles. The first kappa shape index (κ1) is 17.0. The Labute approximate surface area is 126 Å². The fourth-order valence-electron chi connectivity index (χ4n) is 2.69. The number of carbonyl (C=O) groups excluding carboxylic acids is 1. The van der Waals surface area contributed by atoms with E-state index in [0.717, 1.165) is 19.6 Å². The van der Waals surface area contributed by atoms with E-state index in [4.69, 9.17) is 4.74 Å². The Morgan fingerprint density at radius 3 is 2.30 bits per heavy atom. The lowest BCUT2D eigenvalue weighted by Gasteiger charge is -2.36. The Kier molecular flexibility index (Phi) is 6.46. The maximum atomic E-state index is 11.4. The molecule has 1 aliphatic rings. The first-order chi connectivity index (χ1) is 9.08. The van der Waals surface area contributed by atoms with Gasteiger partial charge in [-0.15, -0.1) is 12.4 Å². The van der Waals surface area contributed by atoms with E-state index in [-0.39, 0.29) is 18.4 Å². The van der Waals surface area contributed by atoms with Gasteiger partial charge in [-0.05, 0) is 31.5 Å². The number of ether oxygens (including phenoxy) is 1. The Bertz CT molecular complexity index is 426. The number of piperazine rings is 1. The van der Waals surface area contributed by atoms with Gasteiger partial charge in [0.05, 0.1) is 12.7 Å². The van der Waals surface area contributed by atoms with Crippen LogP contribution >= 0.6 is 12.4 Å². The second kappa shape index (κ2) is 7.62.